The molecule has 1 unspecified atom stereocenters. The molecule has 1 aromatic heterocycles. The van der Waals surface area contributed by atoms with E-state index in [1.165, 1.54) is 5.56 Å². The lowest BCUT2D eigenvalue weighted by atomic mass is 10.1. The third-order valence-corrected chi connectivity index (χ3v) is 3.66. The van der Waals surface area contributed by atoms with Crippen molar-refractivity contribution in [2.45, 2.75) is 19.9 Å². The first-order valence-corrected chi connectivity index (χ1v) is 7.97. The van der Waals surface area contributed by atoms with Crippen LogP contribution in [-0.2, 0) is 4.74 Å². The lowest BCUT2D eigenvalue weighted by Crippen LogP contribution is -2.40. The molecule has 22 heavy (non-hydrogen) atoms. The minimum Gasteiger partial charge on any atom is -0.396 e. The molecule has 5 heteroatoms. The summed E-state index contributed by atoms with van der Waals surface area (Å²) in [6.45, 7) is 8.49. The number of ether oxygens (including phenoxy) is 1. The van der Waals surface area contributed by atoms with Crippen LogP contribution in [0.5, 0.6) is 0 Å². The van der Waals surface area contributed by atoms with Crippen molar-refractivity contribution in [3.05, 3.63) is 48.3 Å². The molecular formula is C17H26N4O. The lowest BCUT2D eigenvalue weighted by Gasteiger charge is -2.30. The Bertz CT molecular complexity index is 535. The Morgan fingerprint density at radius 2 is 1.86 bits per heavy atom. The summed E-state index contributed by atoms with van der Waals surface area (Å²) in [6.07, 6.45) is 3.60. The largest absolute Gasteiger partial charge is 0.396 e. The van der Waals surface area contributed by atoms with E-state index < -0.39 is 0 Å². The summed E-state index contributed by atoms with van der Waals surface area (Å²) in [5.74, 6) is 0. The highest BCUT2D eigenvalue weighted by molar-refractivity contribution is 5.32. The Morgan fingerprint density at radius 3 is 2.45 bits per heavy atom. The van der Waals surface area contributed by atoms with E-state index in [4.69, 9.17) is 10.5 Å². The highest BCUT2D eigenvalue weighted by atomic mass is 16.5. The van der Waals surface area contributed by atoms with E-state index in [2.05, 4.69) is 34.3 Å². The summed E-state index contributed by atoms with van der Waals surface area (Å²) in [5, 5.41) is 4.39. The average Bonchev–Trinajstić information content (AvgIpc) is 3.02. The van der Waals surface area contributed by atoms with Crippen molar-refractivity contribution in [2.24, 2.45) is 0 Å². The molecule has 1 atom stereocenters. The molecule has 2 N–H and O–H groups in total. The molecular weight excluding hydrogens is 276 g/mol. The molecule has 5 nitrogen and oxygen atoms in total. The van der Waals surface area contributed by atoms with E-state index in [-0.39, 0.29) is 6.04 Å². The number of benzene rings is 1. The van der Waals surface area contributed by atoms with Crippen LogP contribution in [-0.4, -0.2) is 47.5 Å². The number of hydrogen-bond acceptors (Lipinski definition) is 4. The minimum atomic E-state index is 0.187. The molecule has 2 heterocycles. The number of anilines is 1. The standard InChI is InChI=1S/C15H20N4O.C2H6/c16-14-10-17-19(11-14)15(13-4-2-1-3-5-13)12-18-6-8-20-9-7-18;1-2/h1-5,10-11,15H,6-9,12,16H2;1-2H3. The smallest absolute Gasteiger partial charge is 0.0896 e. The summed E-state index contributed by atoms with van der Waals surface area (Å²) in [7, 11) is 0. The zero-order chi connectivity index (χ0) is 15.8. The fourth-order valence-electron chi connectivity index (χ4n) is 2.57. The van der Waals surface area contributed by atoms with Crippen molar-refractivity contribution in [2.75, 3.05) is 38.6 Å². The van der Waals surface area contributed by atoms with Gasteiger partial charge < -0.3 is 10.5 Å². The Kier molecular flexibility index (Phi) is 6.43. The van der Waals surface area contributed by atoms with Gasteiger partial charge in [0.05, 0.1) is 31.1 Å². The number of morpholine rings is 1. The van der Waals surface area contributed by atoms with E-state index in [1.54, 1.807) is 6.20 Å². The summed E-state index contributed by atoms with van der Waals surface area (Å²) >= 11 is 0. The van der Waals surface area contributed by atoms with Gasteiger partial charge in [-0.25, -0.2) is 0 Å². The lowest BCUT2D eigenvalue weighted by molar-refractivity contribution is 0.0331. The molecule has 0 saturated carbocycles. The maximum atomic E-state index is 5.81. The van der Waals surface area contributed by atoms with Gasteiger partial charge in [0.15, 0.2) is 0 Å². The second-order valence-electron chi connectivity index (χ2n) is 5.09. The first-order chi connectivity index (χ1) is 10.8. The molecule has 0 radical (unpaired) electrons. The van der Waals surface area contributed by atoms with Crippen molar-refractivity contribution < 1.29 is 4.74 Å². The van der Waals surface area contributed by atoms with Crippen molar-refractivity contribution >= 4 is 5.69 Å². The molecule has 2 aromatic rings. The third kappa shape index (κ3) is 4.32. The molecule has 1 aliphatic heterocycles. The van der Waals surface area contributed by atoms with Gasteiger partial charge in [-0.2, -0.15) is 5.10 Å². The van der Waals surface area contributed by atoms with Crippen molar-refractivity contribution in [1.29, 1.82) is 0 Å². The zero-order valence-corrected chi connectivity index (χ0v) is 13.5. The molecule has 120 valence electrons. The number of rotatable bonds is 4. The Labute approximate surface area is 132 Å². The van der Waals surface area contributed by atoms with Crippen LogP contribution in [0.15, 0.2) is 42.7 Å². The van der Waals surface area contributed by atoms with Crippen LogP contribution in [0.2, 0.25) is 0 Å². The zero-order valence-electron chi connectivity index (χ0n) is 13.5. The summed E-state index contributed by atoms with van der Waals surface area (Å²) in [6, 6.07) is 10.6. The average molecular weight is 302 g/mol. The van der Waals surface area contributed by atoms with Crippen LogP contribution < -0.4 is 5.73 Å². The molecule has 1 saturated heterocycles. The number of nitrogen functional groups attached to an aromatic ring is 1. The monoisotopic (exact) mass is 302 g/mol. The van der Waals surface area contributed by atoms with Crippen LogP contribution in [0.3, 0.4) is 0 Å². The van der Waals surface area contributed by atoms with E-state index in [0.717, 1.165) is 32.8 Å². The number of nitrogens with two attached hydrogens (primary N) is 1. The summed E-state index contributed by atoms with van der Waals surface area (Å²) < 4.78 is 7.37. The van der Waals surface area contributed by atoms with Crippen molar-refractivity contribution in [3.63, 3.8) is 0 Å². The second-order valence-corrected chi connectivity index (χ2v) is 5.09. The van der Waals surface area contributed by atoms with Crippen molar-refractivity contribution in [1.82, 2.24) is 14.7 Å². The Morgan fingerprint density at radius 1 is 1.18 bits per heavy atom. The highest BCUT2D eigenvalue weighted by Gasteiger charge is 2.20. The summed E-state index contributed by atoms with van der Waals surface area (Å²) in [5.41, 5.74) is 7.76. The Hall–Kier alpha value is -1.85. The first kappa shape index (κ1) is 16.5. The van der Waals surface area contributed by atoms with E-state index in [1.807, 2.05) is 30.8 Å². The van der Waals surface area contributed by atoms with Gasteiger partial charge in [-0.15, -0.1) is 0 Å². The third-order valence-electron chi connectivity index (χ3n) is 3.66. The molecule has 1 aliphatic rings. The maximum Gasteiger partial charge on any atom is 0.0896 e. The van der Waals surface area contributed by atoms with Crippen LogP contribution in [0, 0.1) is 0 Å². The van der Waals surface area contributed by atoms with Crippen LogP contribution in [0.1, 0.15) is 25.5 Å². The fraction of sp³-hybridized carbons (Fsp3) is 0.471. The van der Waals surface area contributed by atoms with Gasteiger partial charge in [-0.05, 0) is 5.56 Å². The van der Waals surface area contributed by atoms with Crippen LogP contribution >= 0.6 is 0 Å². The predicted octanol–water partition coefficient (Wildman–Crippen LogP) is 2.41. The van der Waals surface area contributed by atoms with Gasteiger partial charge in [0.2, 0.25) is 0 Å². The van der Waals surface area contributed by atoms with E-state index in [9.17, 15) is 0 Å². The maximum absolute atomic E-state index is 5.81. The van der Waals surface area contributed by atoms with Crippen molar-refractivity contribution in [3.8, 4) is 0 Å². The van der Waals surface area contributed by atoms with Gasteiger partial charge in [0.25, 0.3) is 0 Å². The first-order valence-electron chi connectivity index (χ1n) is 7.97. The SMILES string of the molecule is CC.Nc1cnn(C(CN2CCOCC2)c2ccccc2)c1. The van der Waals surface area contributed by atoms with E-state index in [0.29, 0.717) is 5.69 Å². The number of aromatic nitrogens is 2. The number of hydrogen-bond donors (Lipinski definition) is 1. The fourth-order valence-corrected chi connectivity index (χ4v) is 2.57. The molecule has 0 amide bonds. The number of nitrogens with zero attached hydrogens (tertiary/aromatic N) is 3. The molecule has 0 aliphatic carbocycles. The van der Waals surface area contributed by atoms with Gasteiger partial charge >= 0.3 is 0 Å². The highest BCUT2D eigenvalue weighted by Crippen LogP contribution is 2.20. The van der Waals surface area contributed by atoms with Gasteiger partial charge in [-0.3, -0.25) is 9.58 Å². The molecule has 3 rings (SSSR count). The van der Waals surface area contributed by atoms with Gasteiger partial charge in [-0.1, -0.05) is 44.2 Å². The quantitative estimate of drug-likeness (QED) is 0.942. The van der Waals surface area contributed by atoms with Gasteiger partial charge in [0.1, 0.15) is 0 Å². The summed E-state index contributed by atoms with van der Waals surface area (Å²) in [4.78, 5) is 2.42. The molecule has 0 spiro atoms. The van der Waals surface area contributed by atoms with Crippen LogP contribution in [0.25, 0.3) is 0 Å². The second kappa shape index (κ2) is 8.56. The predicted molar refractivity (Wildman–Crippen MR) is 89.8 cm³/mol. The topological polar surface area (TPSA) is 56.3 Å². The van der Waals surface area contributed by atoms with Crippen LogP contribution in [0.4, 0.5) is 5.69 Å². The van der Waals surface area contributed by atoms with E-state index >= 15 is 0 Å². The Balaban J connectivity index is 0.000000847. The molecule has 1 fully saturated rings. The molecule has 0 bridgehead atoms. The molecule has 1 aromatic carbocycles. The normalized spacial score (nSPS) is 16.6. The van der Waals surface area contributed by atoms with Gasteiger partial charge in [0, 0.05) is 25.8 Å². The minimum absolute atomic E-state index is 0.187.